The van der Waals surface area contributed by atoms with Crippen molar-refractivity contribution < 1.29 is 0 Å². The summed E-state index contributed by atoms with van der Waals surface area (Å²) in [4.78, 5) is 7.75. The first-order chi connectivity index (χ1) is 5.29. The summed E-state index contributed by atoms with van der Waals surface area (Å²) in [7, 11) is 0. The molecule has 1 atom stereocenters. The second-order valence-corrected chi connectivity index (χ2v) is 2.65. The van der Waals surface area contributed by atoms with Gasteiger partial charge in [0.15, 0.2) is 5.82 Å². The van der Waals surface area contributed by atoms with Gasteiger partial charge in [0.2, 0.25) is 0 Å². The first kappa shape index (κ1) is 6.67. The van der Waals surface area contributed by atoms with Crippen molar-refractivity contribution in [2.75, 3.05) is 0 Å². The van der Waals surface area contributed by atoms with Crippen LogP contribution < -0.4 is 0 Å². The van der Waals surface area contributed by atoms with E-state index in [1.54, 1.807) is 0 Å². The standard InChI is InChI=1S/C6H5ClN4/c1-3-4-5(7)8-2-9-6(4)11-10-3/h2-3H,1H3/t3-/m0/s1. The van der Waals surface area contributed by atoms with Crippen LogP contribution in [0.1, 0.15) is 18.5 Å². The molecule has 0 radical (unpaired) electrons. The van der Waals surface area contributed by atoms with Crippen LogP contribution in [0.5, 0.6) is 0 Å². The van der Waals surface area contributed by atoms with Crippen molar-refractivity contribution in [1.29, 1.82) is 0 Å². The van der Waals surface area contributed by atoms with Gasteiger partial charge in [-0.05, 0) is 6.92 Å². The van der Waals surface area contributed by atoms with Gasteiger partial charge in [-0.15, -0.1) is 5.11 Å². The Hall–Kier alpha value is -1.03. The summed E-state index contributed by atoms with van der Waals surface area (Å²) in [5.74, 6) is 0.595. The maximum absolute atomic E-state index is 5.79. The molecule has 0 spiro atoms. The Morgan fingerprint density at radius 1 is 1.45 bits per heavy atom. The van der Waals surface area contributed by atoms with Crippen molar-refractivity contribution in [3.8, 4) is 0 Å². The fourth-order valence-corrected chi connectivity index (χ4v) is 1.29. The Kier molecular flexibility index (Phi) is 1.35. The minimum atomic E-state index is -0.00120. The SMILES string of the molecule is C[C@@H]1N=Nc2ncnc(Cl)c21. The molecule has 1 aromatic rings. The summed E-state index contributed by atoms with van der Waals surface area (Å²) in [5, 5.41) is 8.18. The molecule has 2 heterocycles. The Balaban J connectivity index is 2.65. The first-order valence-electron chi connectivity index (χ1n) is 3.20. The number of azo groups is 1. The zero-order chi connectivity index (χ0) is 7.84. The van der Waals surface area contributed by atoms with Crippen molar-refractivity contribution in [3.05, 3.63) is 17.0 Å². The van der Waals surface area contributed by atoms with E-state index in [1.165, 1.54) is 6.33 Å². The Labute approximate surface area is 68.3 Å². The third-order valence-electron chi connectivity index (χ3n) is 1.56. The van der Waals surface area contributed by atoms with E-state index in [-0.39, 0.29) is 6.04 Å². The third kappa shape index (κ3) is 0.903. The van der Waals surface area contributed by atoms with Crippen LogP contribution in [-0.4, -0.2) is 9.97 Å². The second kappa shape index (κ2) is 2.23. The van der Waals surface area contributed by atoms with Crippen LogP contribution in [-0.2, 0) is 0 Å². The number of nitrogens with zero attached hydrogens (tertiary/aromatic N) is 4. The quantitative estimate of drug-likeness (QED) is 0.558. The average molecular weight is 169 g/mol. The van der Waals surface area contributed by atoms with Gasteiger partial charge < -0.3 is 0 Å². The number of aromatic nitrogens is 2. The van der Waals surface area contributed by atoms with E-state index in [1.807, 2.05) is 6.92 Å². The fraction of sp³-hybridized carbons (Fsp3) is 0.333. The topological polar surface area (TPSA) is 50.5 Å². The Bertz CT molecular complexity index is 322. The molecule has 4 nitrogen and oxygen atoms in total. The van der Waals surface area contributed by atoms with Gasteiger partial charge >= 0.3 is 0 Å². The molecule has 56 valence electrons. The smallest absolute Gasteiger partial charge is 0.184 e. The third-order valence-corrected chi connectivity index (χ3v) is 1.86. The van der Waals surface area contributed by atoms with Crippen LogP contribution >= 0.6 is 11.6 Å². The summed E-state index contributed by atoms with van der Waals surface area (Å²) in [6, 6.07) is -0.00120. The zero-order valence-electron chi connectivity index (χ0n) is 5.82. The highest BCUT2D eigenvalue weighted by atomic mass is 35.5. The number of hydrogen-bond acceptors (Lipinski definition) is 4. The van der Waals surface area contributed by atoms with Gasteiger partial charge in [0.25, 0.3) is 0 Å². The van der Waals surface area contributed by atoms with E-state index in [4.69, 9.17) is 11.6 Å². The van der Waals surface area contributed by atoms with Gasteiger partial charge in [-0.3, -0.25) is 0 Å². The predicted octanol–water partition coefficient (Wildman–Crippen LogP) is 2.29. The molecule has 0 N–H and O–H groups in total. The van der Waals surface area contributed by atoms with E-state index >= 15 is 0 Å². The van der Waals surface area contributed by atoms with Crippen molar-refractivity contribution in [1.82, 2.24) is 9.97 Å². The molecule has 1 aromatic heterocycles. The molecule has 0 amide bonds. The molecule has 1 aliphatic rings. The maximum atomic E-state index is 5.79. The molecular formula is C6H5ClN4. The molecule has 0 unspecified atom stereocenters. The lowest BCUT2D eigenvalue weighted by Crippen LogP contribution is -1.90. The fourth-order valence-electron chi connectivity index (χ4n) is 1.00. The van der Waals surface area contributed by atoms with Gasteiger partial charge in [-0.25, -0.2) is 9.97 Å². The average Bonchev–Trinajstić information content (AvgIpc) is 2.34. The molecular weight excluding hydrogens is 164 g/mol. The molecule has 0 saturated carbocycles. The monoisotopic (exact) mass is 168 g/mol. The summed E-state index contributed by atoms with van der Waals surface area (Å²) >= 11 is 5.79. The maximum Gasteiger partial charge on any atom is 0.184 e. The Morgan fingerprint density at radius 3 is 3.00 bits per heavy atom. The second-order valence-electron chi connectivity index (χ2n) is 2.29. The number of rotatable bonds is 0. The molecule has 2 rings (SSSR count). The molecule has 0 saturated heterocycles. The van der Waals surface area contributed by atoms with Crippen LogP contribution in [0, 0.1) is 0 Å². The van der Waals surface area contributed by atoms with E-state index < -0.39 is 0 Å². The van der Waals surface area contributed by atoms with Gasteiger partial charge in [0, 0.05) is 0 Å². The highest BCUT2D eigenvalue weighted by Gasteiger charge is 2.20. The van der Waals surface area contributed by atoms with Crippen LogP contribution in [0.15, 0.2) is 16.6 Å². The van der Waals surface area contributed by atoms with Gasteiger partial charge in [0.05, 0.1) is 5.56 Å². The lowest BCUT2D eigenvalue weighted by Gasteiger charge is -1.99. The van der Waals surface area contributed by atoms with Crippen LogP contribution in [0.4, 0.5) is 5.82 Å². The lowest BCUT2D eigenvalue weighted by molar-refractivity contribution is 0.807. The van der Waals surface area contributed by atoms with Gasteiger partial charge in [-0.2, -0.15) is 5.11 Å². The van der Waals surface area contributed by atoms with E-state index in [2.05, 4.69) is 20.2 Å². The first-order valence-corrected chi connectivity index (χ1v) is 3.58. The van der Waals surface area contributed by atoms with Gasteiger partial charge in [0.1, 0.15) is 17.5 Å². The minimum absolute atomic E-state index is 0.00120. The van der Waals surface area contributed by atoms with E-state index in [0.29, 0.717) is 11.0 Å². The van der Waals surface area contributed by atoms with Crippen molar-refractivity contribution in [2.24, 2.45) is 10.2 Å². The summed E-state index contributed by atoms with van der Waals surface area (Å²) < 4.78 is 0. The zero-order valence-corrected chi connectivity index (χ0v) is 6.58. The molecule has 0 aromatic carbocycles. The predicted molar refractivity (Wildman–Crippen MR) is 40.0 cm³/mol. The van der Waals surface area contributed by atoms with E-state index in [9.17, 15) is 0 Å². The van der Waals surface area contributed by atoms with Crippen molar-refractivity contribution in [3.63, 3.8) is 0 Å². The normalized spacial score (nSPS) is 20.4. The highest BCUT2D eigenvalue weighted by Crippen LogP contribution is 2.36. The van der Waals surface area contributed by atoms with E-state index in [0.717, 1.165) is 5.56 Å². The number of halogens is 1. The summed E-state index contributed by atoms with van der Waals surface area (Å²) in [6.07, 6.45) is 1.39. The van der Waals surface area contributed by atoms with Crippen LogP contribution in [0.3, 0.4) is 0 Å². The molecule has 1 aliphatic heterocycles. The molecule has 0 aliphatic carbocycles. The highest BCUT2D eigenvalue weighted by molar-refractivity contribution is 6.30. The number of hydrogen-bond donors (Lipinski definition) is 0. The molecule has 11 heavy (non-hydrogen) atoms. The lowest BCUT2D eigenvalue weighted by atomic mass is 10.2. The summed E-state index contributed by atoms with van der Waals surface area (Å²) in [6.45, 7) is 1.91. The molecule has 5 heteroatoms. The van der Waals surface area contributed by atoms with Crippen molar-refractivity contribution in [2.45, 2.75) is 13.0 Å². The minimum Gasteiger partial charge on any atom is -0.224 e. The van der Waals surface area contributed by atoms with Gasteiger partial charge in [-0.1, -0.05) is 11.6 Å². The largest absolute Gasteiger partial charge is 0.224 e. The molecule has 0 bridgehead atoms. The Morgan fingerprint density at radius 2 is 2.27 bits per heavy atom. The van der Waals surface area contributed by atoms with Crippen molar-refractivity contribution >= 4 is 17.4 Å². The number of fused-ring (bicyclic) bond motifs is 1. The van der Waals surface area contributed by atoms with Crippen LogP contribution in [0.25, 0.3) is 0 Å². The summed E-state index contributed by atoms with van der Waals surface area (Å²) in [5.41, 5.74) is 0.828. The van der Waals surface area contributed by atoms with Crippen LogP contribution in [0.2, 0.25) is 5.15 Å². The molecule has 0 fully saturated rings.